The maximum Gasteiger partial charge on any atom is 0.305 e. The Kier molecular flexibility index (Phi) is 17.2. The van der Waals surface area contributed by atoms with Crippen LogP contribution in [0.5, 0.6) is 0 Å². The molecular formula is C70H78N6O8. The van der Waals surface area contributed by atoms with Gasteiger partial charge in [0.1, 0.15) is 22.7 Å². The number of aliphatic imine (C=N–C) groups is 2. The minimum atomic E-state index is -0.972. The Labute approximate surface area is 492 Å². The number of hydrogen-bond donors (Lipinski definition) is 4. The lowest BCUT2D eigenvalue weighted by atomic mass is 9.66. The molecule has 0 radical (unpaired) electrons. The van der Waals surface area contributed by atoms with Gasteiger partial charge in [-0.25, -0.2) is 0 Å². The van der Waals surface area contributed by atoms with E-state index in [-0.39, 0.29) is 60.4 Å². The lowest BCUT2D eigenvalue weighted by Crippen LogP contribution is -2.51. The Morgan fingerprint density at radius 1 is 0.512 bits per heavy atom. The fourth-order valence-electron chi connectivity index (χ4n) is 13.4. The van der Waals surface area contributed by atoms with E-state index in [0.29, 0.717) is 60.3 Å². The maximum atomic E-state index is 14.6. The Hall–Kier alpha value is -8.26. The molecule has 2 aliphatic carbocycles. The molecule has 4 N–H and O–H groups in total. The topological polar surface area (TPSA) is 198 Å². The van der Waals surface area contributed by atoms with Gasteiger partial charge in [0.15, 0.2) is 0 Å². The van der Waals surface area contributed by atoms with Crippen molar-refractivity contribution < 1.29 is 39.0 Å². The molecule has 2 fully saturated rings. The summed E-state index contributed by atoms with van der Waals surface area (Å²) in [5.74, 6) is -1.76. The summed E-state index contributed by atoms with van der Waals surface area (Å²) in [5, 5.41) is 25.4. The molecule has 0 atom stereocenters. The number of aliphatic carboxylic acids is 2. The van der Waals surface area contributed by atoms with E-state index in [4.69, 9.17) is 20.2 Å². The van der Waals surface area contributed by atoms with Crippen LogP contribution in [0.4, 0.5) is 0 Å². The van der Waals surface area contributed by atoms with Gasteiger partial charge in [-0.05, 0) is 162 Å². The summed E-state index contributed by atoms with van der Waals surface area (Å²) in [6.45, 7) is 12.7. The van der Waals surface area contributed by atoms with Crippen molar-refractivity contribution in [1.29, 1.82) is 0 Å². The van der Waals surface area contributed by atoms with Crippen LogP contribution in [0.1, 0.15) is 147 Å². The number of carbonyl (C=O) groups is 6. The third-order valence-corrected chi connectivity index (χ3v) is 18.5. The second kappa shape index (κ2) is 24.5. The van der Waals surface area contributed by atoms with Crippen LogP contribution in [0.3, 0.4) is 0 Å². The van der Waals surface area contributed by atoms with Gasteiger partial charge in [-0.1, -0.05) is 144 Å². The van der Waals surface area contributed by atoms with E-state index in [1.165, 1.54) is 5.56 Å². The van der Waals surface area contributed by atoms with Crippen LogP contribution in [0.2, 0.25) is 0 Å². The highest BCUT2D eigenvalue weighted by molar-refractivity contribution is 6.47. The molecule has 0 aromatic heterocycles. The monoisotopic (exact) mass is 1130 g/mol. The van der Waals surface area contributed by atoms with Gasteiger partial charge in [0, 0.05) is 48.4 Å². The number of benzene rings is 6. The van der Waals surface area contributed by atoms with Gasteiger partial charge in [-0.2, -0.15) is 0 Å². The van der Waals surface area contributed by atoms with Crippen LogP contribution in [-0.2, 0) is 38.4 Å². The highest BCUT2D eigenvalue weighted by atomic mass is 16.4. The van der Waals surface area contributed by atoms with Crippen LogP contribution >= 0.6 is 0 Å². The zero-order chi connectivity index (χ0) is 59.4. The Bertz CT molecular complexity index is 3490. The minimum Gasteiger partial charge on any atom is -0.481 e. The average molecular weight is 1130 g/mol. The van der Waals surface area contributed by atoms with Gasteiger partial charge >= 0.3 is 11.9 Å². The van der Waals surface area contributed by atoms with Gasteiger partial charge in [0.2, 0.25) is 0 Å². The van der Waals surface area contributed by atoms with Crippen molar-refractivity contribution in [3.63, 3.8) is 0 Å². The first-order valence-electron chi connectivity index (χ1n) is 29.9. The summed E-state index contributed by atoms with van der Waals surface area (Å²) in [4.78, 5) is 91.1. The number of carboxylic acids is 2. The summed E-state index contributed by atoms with van der Waals surface area (Å²) >= 11 is 0. The van der Waals surface area contributed by atoms with E-state index in [1.807, 2.05) is 64.4 Å². The van der Waals surface area contributed by atoms with Crippen molar-refractivity contribution in [2.75, 3.05) is 26.2 Å². The number of carboxylic acid groups (broad SMARTS) is 2. The zero-order valence-electron chi connectivity index (χ0n) is 49.1. The molecule has 6 aromatic carbocycles. The Morgan fingerprint density at radius 3 is 1.38 bits per heavy atom. The Balaban J connectivity index is 0.791. The van der Waals surface area contributed by atoms with Gasteiger partial charge < -0.3 is 30.6 Å². The lowest BCUT2D eigenvalue weighted by molar-refractivity contribution is -0.137. The molecule has 0 bridgehead atoms. The summed E-state index contributed by atoms with van der Waals surface area (Å²) < 4.78 is 0. The van der Waals surface area contributed by atoms with E-state index in [1.54, 1.807) is 24.3 Å². The molecule has 0 unspecified atom stereocenters. The predicted octanol–water partition coefficient (Wildman–Crippen LogP) is 11.8. The first kappa shape index (κ1) is 58.9. The van der Waals surface area contributed by atoms with Crippen LogP contribution in [0, 0.1) is 22.7 Å². The Morgan fingerprint density at radius 2 is 0.917 bits per heavy atom. The lowest BCUT2D eigenvalue weighted by Gasteiger charge is -2.46. The van der Waals surface area contributed by atoms with Crippen molar-refractivity contribution in [1.82, 2.24) is 20.4 Å². The molecule has 84 heavy (non-hydrogen) atoms. The molecule has 14 heteroatoms. The van der Waals surface area contributed by atoms with Gasteiger partial charge in [-0.3, -0.25) is 38.8 Å². The predicted molar refractivity (Wildman–Crippen MR) is 328 cm³/mol. The smallest absolute Gasteiger partial charge is 0.305 e. The fourth-order valence-corrected chi connectivity index (χ4v) is 13.4. The number of fused-ring (bicyclic) bond motifs is 1. The highest BCUT2D eigenvalue weighted by Crippen LogP contribution is 2.49. The van der Waals surface area contributed by atoms with Crippen LogP contribution in [0.15, 0.2) is 150 Å². The van der Waals surface area contributed by atoms with Gasteiger partial charge in [0.25, 0.3) is 23.6 Å². The molecule has 0 saturated heterocycles. The number of nitrogens with zero attached hydrogens (tertiary/aromatic N) is 4. The molecule has 2 spiro atoms. The van der Waals surface area contributed by atoms with E-state index < -0.39 is 23.3 Å². The number of carbonyl (C=O) groups excluding carboxylic acids is 4. The summed E-state index contributed by atoms with van der Waals surface area (Å²) in [6.07, 6.45) is 8.69. The first-order chi connectivity index (χ1) is 40.2. The van der Waals surface area contributed by atoms with E-state index in [9.17, 15) is 28.8 Å². The standard InChI is InChI=1S/C70H78N6O8/c1-67(2,3)57-28-36-69(37-29-57)73-61(65(83)75(69)42-34-46-10-18-53(19-11-46)63(81)71-40-32-59(77)78)52-25-22-51(23-26-52)50-16-14-48(15-17-50)45-68(4,5)58-30-38-70(39-31-58)74-62(56-27-24-49-8-6-7-9-55(49)44-56)66(84)76(70)43-35-47-12-20-54(21-13-47)64(82)72-41-33-60(79)80/h6-27,44,57-58H,28-43,45H2,1-5H3,(H,71,81)(H,72,82)(H,77,78)(H,79,80). The summed E-state index contributed by atoms with van der Waals surface area (Å²) in [5.41, 5.74) is 7.77. The molecule has 6 aromatic rings. The van der Waals surface area contributed by atoms with Crippen molar-refractivity contribution in [2.45, 2.75) is 129 Å². The number of nitrogens with one attached hydrogen (secondary N) is 2. The second-order valence-electron chi connectivity index (χ2n) is 25.4. The third-order valence-electron chi connectivity index (χ3n) is 18.5. The quantitative estimate of drug-likeness (QED) is 0.0579. The van der Waals surface area contributed by atoms with E-state index >= 15 is 0 Å². The molecule has 2 heterocycles. The molecule has 2 saturated carbocycles. The maximum absolute atomic E-state index is 14.6. The van der Waals surface area contributed by atoms with E-state index in [0.717, 1.165) is 102 Å². The third kappa shape index (κ3) is 13.1. The van der Waals surface area contributed by atoms with E-state index in [2.05, 4.69) is 106 Å². The van der Waals surface area contributed by atoms with Crippen molar-refractivity contribution in [3.05, 3.63) is 178 Å². The van der Waals surface area contributed by atoms with Gasteiger partial charge in [0.05, 0.1) is 12.8 Å². The molecular weight excluding hydrogens is 1050 g/mol. The average Bonchev–Trinajstić information content (AvgIpc) is 3.09. The van der Waals surface area contributed by atoms with Crippen molar-refractivity contribution in [2.24, 2.45) is 32.7 Å². The molecule has 10 rings (SSSR count). The first-order valence-corrected chi connectivity index (χ1v) is 29.9. The second-order valence-corrected chi connectivity index (χ2v) is 25.4. The number of amides is 4. The molecule has 2 aliphatic heterocycles. The van der Waals surface area contributed by atoms with Crippen LogP contribution in [-0.4, -0.2) is 105 Å². The largest absolute Gasteiger partial charge is 0.481 e. The summed E-state index contributed by atoms with van der Waals surface area (Å²) in [6, 6.07) is 45.9. The molecule has 4 amide bonds. The minimum absolute atomic E-state index is 0.0368. The highest BCUT2D eigenvalue weighted by Gasteiger charge is 2.52. The molecule has 436 valence electrons. The zero-order valence-corrected chi connectivity index (χ0v) is 49.1. The van der Waals surface area contributed by atoms with Crippen LogP contribution < -0.4 is 10.6 Å². The number of hydrogen-bond acceptors (Lipinski definition) is 8. The molecule has 14 nitrogen and oxygen atoms in total. The van der Waals surface area contributed by atoms with Crippen molar-refractivity contribution in [3.8, 4) is 11.1 Å². The summed E-state index contributed by atoms with van der Waals surface area (Å²) in [7, 11) is 0. The van der Waals surface area contributed by atoms with Crippen LogP contribution in [0.25, 0.3) is 21.9 Å². The molecule has 4 aliphatic rings. The van der Waals surface area contributed by atoms with Crippen molar-refractivity contribution >= 4 is 57.8 Å². The SMILES string of the molecule is CC(C)(C)C1CCC2(CC1)N=C(c1ccc(-c3ccc(CC(C)(C)C4CCC5(CC4)N=C(c4ccc6ccccc6c4)C(=O)N5CCc4ccc(C(=O)NCCC(=O)O)cc4)cc3)cc1)C(=O)N2CCc1ccc(C(=O)NCCC(=O)O)cc1. The normalized spacial score (nSPS) is 20.8. The van der Waals surface area contributed by atoms with Gasteiger partial charge in [-0.15, -0.1) is 0 Å². The fraction of sp³-hybridized carbons (Fsp3) is 0.400. The number of rotatable bonds is 20.